The van der Waals surface area contributed by atoms with Crippen LogP contribution in [-0.4, -0.2) is 17.5 Å². The summed E-state index contributed by atoms with van der Waals surface area (Å²) in [6, 6.07) is 0. The average Bonchev–Trinajstić information content (AvgIpc) is 1.81. The van der Waals surface area contributed by atoms with E-state index < -0.39 is 17.5 Å². The summed E-state index contributed by atoms with van der Waals surface area (Å²) in [7, 11) is 0. The smallest absolute Gasteiger partial charge is 0.310 e. The van der Waals surface area contributed by atoms with E-state index in [1.807, 2.05) is 0 Å². The van der Waals surface area contributed by atoms with Gasteiger partial charge in [-0.3, -0.25) is 4.79 Å². The van der Waals surface area contributed by atoms with Crippen LogP contribution in [0.25, 0.3) is 0 Å². The molecule has 4 nitrogen and oxygen atoms in total. The molecular formula is C9H13O4-. The monoisotopic (exact) mass is 185 g/mol. The van der Waals surface area contributed by atoms with Crippen LogP contribution in [0.15, 0.2) is 12.2 Å². The third-order valence-corrected chi connectivity index (χ3v) is 1.07. The molecule has 0 unspecified atom stereocenters. The lowest BCUT2D eigenvalue weighted by atomic mass is 10.2. The van der Waals surface area contributed by atoms with E-state index in [1.54, 1.807) is 20.8 Å². The lowest BCUT2D eigenvalue weighted by Crippen LogP contribution is -2.28. The summed E-state index contributed by atoms with van der Waals surface area (Å²) in [5.74, 6) is -2.03. The standard InChI is InChI=1S/C9H14O4/c1-6(8(11)12)5-7(10)13-9(2,3)4/h1,5H2,2-4H3,(H,11,12)/p-1. The van der Waals surface area contributed by atoms with E-state index in [4.69, 9.17) is 4.74 Å². The molecule has 0 radical (unpaired) electrons. The van der Waals surface area contributed by atoms with Crippen LogP contribution in [-0.2, 0) is 14.3 Å². The minimum Gasteiger partial charge on any atom is -0.545 e. The number of ether oxygens (including phenoxy) is 1. The molecule has 0 aliphatic heterocycles. The van der Waals surface area contributed by atoms with Gasteiger partial charge in [-0.25, -0.2) is 0 Å². The summed E-state index contributed by atoms with van der Waals surface area (Å²) < 4.78 is 4.87. The second kappa shape index (κ2) is 4.07. The Morgan fingerprint density at radius 3 is 2.15 bits per heavy atom. The van der Waals surface area contributed by atoms with E-state index in [2.05, 4.69) is 6.58 Å². The number of hydrogen-bond donors (Lipinski definition) is 0. The van der Waals surface area contributed by atoms with Gasteiger partial charge in [0.15, 0.2) is 0 Å². The molecule has 0 spiro atoms. The molecule has 0 aliphatic carbocycles. The van der Waals surface area contributed by atoms with Crippen molar-refractivity contribution in [2.75, 3.05) is 0 Å². The topological polar surface area (TPSA) is 66.4 Å². The summed E-state index contributed by atoms with van der Waals surface area (Å²) >= 11 is 0. The van der Waals surface area contributed by atoms with Crippen molar-refractivity contribution in [3.05, 3.63) is 12.2 Å². The van der Waals surface area contributed by atoms with E-state index in [1.165, 1.54) is 0 Å². The molecule has 0 aromatic carbocycles. The molecule has 0 aromatic heterocycles. The molecular weight excluding hydrogens is 172 g/mol. The van der Waals surface area contributed by atoms with Crippen LogP contribution in [0.4, 0.5) is 0 Å². The molecule has 0 aliphatic rings. The van der Waals surface area contributed by atoms with Crippen LogP contribution in [0.5, 0.6) is 0 Å². The van der Waals surface area contributed by atoms with Crippen molar-refractivity contribution in [2.45, 2.75) is 32.8 Å². The molecule has 0 bridgehead atoms. The lowest BCUT2D eigenvalue weighted by Gasteiger charge is -2.19. The molecule has 0 saturated carbocycles. The van der Waals surface area contributed by atoms with Gasteiger partial charge < -0.3 is 14.6 Å². The predicted octanol–water partition coefficient (Wildman–Crippen LogP) is 0.0243. The first-order chi connectivity index (χ1) is 5.72. The highest BCUT2D eigenvalue weighted by atomic mass is 16.6. The Morgan fingerprint density at radius 1 is 1.38 bits per heavy atom. The highest BCUT2D eigenvalue weighted by molar-refractivity contribution is 5.90. The Morgan fingerprint density at radius 2 is 1.85 bits per heavy atom. The van der Waals surface area contributed by atoms with Crippen molar-refractivity contribution < 1.29 is 19.4 Å². The van der Waals surface area contributed by atoms with Gasteiger partial charge in [-0.05, 0) is 26.3 Å². The molecule has 4 heteroatoms. The van der Waals surface area contributed by atoms with Gasteiger partial charge >= 0.3 is 5.97 Å². The van der Waals surface area contributed by atoms with E-state index in [9.17, 15) is 14.7 Å². The van der Waals surface area contributed by atoms with Crippen LogP contribution in [0, 0.1) is 0 Å². The van der Waals surface area contributed by atoms with E-state index >= 15 is 0 Å². The second-order valence-corrected chi connectivity index (χ2v) is 3.65. The summed E-state index contributed by atoms with van der Waals surface area (Å²) in [6.45, 7) is 8.26. The van der Waals surface area contributed by atoms with Gasteiger partial charge in [-0.2, -0.15) is 0 Å². The van der Waals surface area contributed by atoms with Crippen molar-refractivity contribution in [2.24, 2.45) is 0 Å². The summed E-state index contributed by atoms with van der Waals surface area (Å²) in [6.07, 6.45) is -0.334. The zero-order chi connectivity index (χ0) is 10.6. The third-order valence-electron chi connectivity index (χ3n) is 1.07. The molecule has 0 N–H and O–H groups in total. The van der Waals surface area contributed by atoms with Crippen LogP contribution < -0.4 is 5.11 Å². The average molecular weight is 185 g/mol. The Bertz CT molecular complexity index is 234. The number of carbonyl (C=O) groups excluding carboxylic acids is 2. The van der Waals surface area contributed by atoms with Gasteiger partial charge in [0, 0.05) is 0 Å². The van der Waals surface area contributed by atoms with Gasteiger partial charge in [0.05, 0.1) is 12.4 Å². The Labute approximate surface area is 77.2 Å². The van der Waals surface area contributed by atoms with Gasteiger partial charge in [-0.1, -0.05) is 6.58 Å². The van der Waals surface area contributed by atoms with Gasteiger partial charge in [0.25, 0.3) is 0 Å². The fourth-order valence-corrected chi connectivity index (χ4v) is 0.624. The first-order valence-electron chi connectivity index (χ1n) is 3.83. The Kier molecular flexibility index (Phi) is 3.66. The fraction of sp³-hybridized carbons (Fsp3) is 0.556. The molecule has 13 heavy (non-hydrogen) atoms. The van der Waals surface area contributed by atoms with Crippen LogP contribution in [0.3, 0.4) is 0 Å². The quantitative estimate of drug-likeness (QED) is 0.459. The summed E-state index contributed by atoms with van der Waals surface area (Å²) in [4.78, 5) is 21.2. The highest BCUT2D eigenvalue weighted by Crippen LogP contribution is 2.10. The maximum Gasteiger partial charge on any atom is 0.310 e. The fourth-order valence-electron chi connectivity index (χ4n) is 0.624. The zero-order valence-electron chi connectivity index (χ0n) is 8.05. The number of aliphatic carboxylic acids is 1. The van der Waals surface area contributed by atoms with Gasteiger partial charge in [0.1, 0.15) is 5.60 Å². The van der Waals surface area contributed by atoms with Crippen molar-refractivity contribution >= 4 is 11.9 Å². The molecule has 0 saturated heterocycles. The minimum absolute atomic E-state index is 0.269. The normalized spacial score (nSPS) is 10.7. The largest absolute Gasteiger partial charge is 0.545 e. The first-order valence-corrected chi connectivity index (χ1v) is 3.83. The molecule has 0 heterocycles. The van der Waals surface area contributed by atoms with Crippen molar-refractivity contribution in [1.82, 2.24) is 0 Å². The van der Waals surface area contributed by atoms with Crippen LogP contribution in [0.2, 0.25) is 0 Å². The van der Waals surface area contributed by atoms with Gasteiger partial charge in [0.2, 0.25) is 0 Å². The molecule has 74 valence electrons. The van der Waals surface area contributed by atoms with E-state index in [0.29, 0.717) is 0 Å². The molecule has 0 atom stereocenters. The number of hydrogen-bond acceptors (Lipinski definition) is 4. The van der Waals surface area contributed by atoms with Crippen molar-refractivity contribution in [1.29, 1.82) is 0 Å². The zero-order valence-corrected chi connectivity index (χ0v) is 8.05. The second-order valence-electron chi connectivity index (χ2n) is 3.65. The maximum atomic E-state index is 11.0. The number of carboxylic acids is 1. The third kappa shape index (κ3) is 5.90. The number of carbonyl (C=O) groups is 2. The number of esters is 1. The van der Waals surface area contributed by atoms with Gasteiger partial charge in [-0.15, -0.1) is 0 Å². The Balaban J connectivity index is 4.04. The maximum absolute atomic E-state index is 11.0. The predicted molar refractivity (Wildman–Crippen MR) is 44.6 cm³/mol. The number of carboxylic acid groups (broad SMARTS) is 1. The highest BCUT2D eigenvalue weighted by Gasteiger charge is 2.16. The van der Waals surface area contributed by atoms with Crippen molar-refractivity contribution in [3.63, 3.8) is 0 Å². The molecule has 0 fully saturated rings. The van der Waals surface area contributed by atoms with Crippen LogP contribution in [0.1, 0.15) is 27.2 Å². The molecule has 0 aromatic rings. The van der Waals surface area contributed by atoms with E-state index in [0.717, 1.165) is 0 Å². The van der Waals surface area contributed by atoms with Crippen molar-refractivity contribution in [3.8, 4) is 0 Å². The Hall–Kier alpha value is -1.32. The number of rotatable bonds is 3. The SMILES string of the molecule is C=C(CC(=O)OC(C)(C)C)C(=O)[O-]. The summed E-state index contributed by atoms with van der Waals surface area (Å²) in [5, 5.41) is 10.2. The minimum atomic E-state index is -1.43. The lowest BCUT2D eigenvalue weighted by molar-refractivity contribution is -0.299. The first kappa shape index (κ1) is 11.7. The van der Waals surface area contributed by atoms with E-state index in [-0.39, 0.29) is 12.0 Å². The molecule has 0 amide bonds. The molecule has 0 rings (SSSR count). The summed E-state index contributed by atoms with van der Waals surface area (Å²) in [5.41, 5.74) is -0.877. The van der Waals surface area contributed by atoms with Crippen LogP contribution >= 0.6 is 0 Å².